The smallest absolute Gasteiger partial charge is 0.159 e. The van der Waals surface area contributed by atoms with E-state index in [1.54, 1.807) is 0 Å². The normalized spacial score (nSPS) is 14.2. The van der Waals surface area contributed by atoms with Gasteiger partial charge in [0.25, 0.3) is 0 Å². The molecule has 8 aromatic carbocycles. The lowest BCUT2D eigenvalue weighted by Gasteiger charge is -2.24. The minimum Gasteiger partial charge on any atom is -0.454 e. The van der Waals surface area contributed by atoms with E-state index in [0.29, 0.717) is 5.84 Å². The molecular weight excluding hydrogens is 685 g/mol. The van der Waals surface area contributed by atoms with Crippen molar-refractivity contribution in [2.24, 2.45) is 9.98 Å². The summed E-state index contributed by atoms with van der Waals surface area (Å²) in [4.78, 5) is 10.4. The van der Waals surface area contributed by atoms with Crippen LogP contribution in [0.4, 0.5) is 0 Å². The van der Waals surface area contributed by atoms with Crippen LogP contribution in [-0.2, 0) is 0 Å². The molecule has 0 spiro atoms. The number of nitrogens with one attached hydrogen (secondary N) is 1. The molecule has 0 saturated carbocycles. The average Bonchev–Trinajstić information content (AvgIpc) is 3.83. The highest BCUT2D eigenvalue weighted by Crippen LogP contribution is 2.43. The standard InChI is InChI=1S/C51H34N4O/c1-4-15-33(16-5-1)34-27-29-35(30-28-34)38-31-42(51-53-49(36-17-6-2-7-18-36)52-50(54-51)37-19-8-3-9-20-37)47-41-23-14-26-45(48(41)56-46(47)32-38)55-43-24-12-10-21-39(43)40-22-11-13-25-44(40)55/h1-32,51H,(H,52,53,54). The number of aromatic nitrogens is 1. The van der Waals surface area contributed by atoms with Crippen LogP contribution in [0, 0.1) is 0 Å². The van der Waals surface area contributed by atoms with Crippen LogP contribution in [0.1, 0.15) is 22.9 Å². The number of aliphatic imine (C=N–C) groups is 2. The van der Waals surface area contributed by atoms with Gasteiger partial charge in [0.1, 0.15) is 17.6 Å². The third-order valence-electron chi connectivity index (χ3n) is 10.9. The Labute approximate surface area is 323 Å². The fraction of sp³-hybridized carbons (Fsp3) is 0.0196. The Morgan fingerprint density at radius 1 is 0.464 bits per heavy atom. The summed E-state index contributed by atoms with van der Waals surface area (Å²) in [6.07, 6.45) is -0.457. The van der Waals surface area contributed by atoms with E-state index in [1.807, 2.05) is 42.5 Å². The van der Waals surface area contributed by atoms with Crippen molar-refractivity contribution in [1.82, 2.24) is 9.88 Å². The van der Waals surface area contributed by atoms with Crippen molar-refractivity contribution >= 4 is 55.4 Å². The zero-order valence-electron chi connectivity index (χ0n) is 30.3. The summed E-state index contributed by atoms with van der Waals surface area (Å²) < 4.78 is 9.42. The molecule has 0 saturated heterocycles. The molecule has 0 fully saturated rings. The van der Waals surface area contributed by atoms with E-state index < -0.39 is 6.17 Å². The number of amidine groups is 2. The summed E-state index contributed by atoms with van der Waals surface area (Å²) in [5.41, 5.74) is 12.4. The second-order valence-corrected chi connectivity index (χ2v) is 14.2. The molecule has 1 aliphatic heterocycles. The Hall–Kier alpha value is -7.50. The Morgan fingerprint density at radius 2 is 1.00 bits per heavy atom. The van der Waals surface area contributed by atoms with E-state index in [4.69, 9.17) is 14.4 Å². The van der Waals surface area contributed by atoms with Crippen molar-refractivity contribution in [2.75, 3.05) is 0 Å². The fourth-order valence-electron chi connectivity index (χ4n) is 8.24. The monoisotopic (exact) mass is 718 g/mol. The molecule has 5 nitrogen and oxygen atoms in total. The van der Waals surface area contributed by atoms with Crippen LogP contribution in [0.25, 0.3) is 71.7 Å². The first kappa shape index (κ1) is 32.0. The van der Waals surface area contributed by atoms with E-state index in [-0.39, 0.29) is 0 Å². The van der Waals surface area contributed by atoms with Crippen LogP contribution >= 0.6 is 0 Å². The number of rotatable bonds is 6. The molecule has 0 radical (unpaired) electrons. The predicted molar refractivity (Wildman–Crippen MR) is 231 cm³/mol. The minimum atomic E-state index is -0.457. The van der Waals surface area contributed by atoms with Gasteiger partial charge in [-0.1, -0.05) is 164 Å². The maximum absolute atomic E-state index is 7.09. The number of benzene rings is 8. The van der Waals surface area contributed by atoms with Gasteiger partial charge in [0, 0.05) is 38.2 Å². The lowest BCUT2D eigenvalue weighted by Crippen LogP contribution is -2.33. The molecule has 0 bridgehead atoms. The number of para-hydroxylation sites is 3. The highest BCUT2D eigenvalue weighted by molar-refractivity contribution is 6.16. The fourth-order valence-corrected chi connectivity index (χ4v) is 8.24. The summed E-state index contributed by atoms with van der Waals surface area (Å²) in [6.45, 7) is 0. The van der Waals surface area contributed by atoms with Crippen molar-refractivity contribution in [3.05, 3.63) is 211 Å². The average molecular weight is 719 g/mol. The van der Waals surface area contributed by atoms with Crippen LogP contribution in [0.2, 0.25) is 0 Å². The Bertz CT molecular complexity index is 3090. The van der Waals surface area contributed by atoms with Gasteiger partial charge in [-0.05, 0) is 52.6 Å². The van der Waals surface area contributed by atoms with Gasteiger partial charge in [-0.25, -0.2) is 9.98 Å². The van der Waals surface area contributed by atoms with Gasteiger partial charge in [-0.2, -0.15) is 0 Å². The summed E-state index contributed by atoms with van der Waals surface area (Å²) >= 11 is 0. The molecule has 2 aromatic heterocycles. The molecule has 11 rings (SSSR count). The molecule has 264 valence electrons. The first-order valence-electron chi connectivity index (χ1n) is 18.9. The Morgan fingerprint density at radius 3 is 1.66 bits per heavy atom. The van der Waals surface area contributed by atoms with Crippen molar-refractivity contribution in [3.63, 3.8) is 0 Å². The molecule has 3 heterocycles. The maximum atomic E-state index is 7.09. The zero-order valence-corrected chi connectivity index (χ0v) is 30.3. The molecule has 56 heavy (non-hydrogen) atoms. The first-order chi connectivity index (χ1) is 27.8. The van der Waals surface area contributed by atoms with E-state index in [0.717, 1.165) is 72.3 Å². The third kappa shape index (κ3) is 5.32. The molecule has 0 aliphatic carbocycles. The predicted octanol–water partition coefficient (Wildman–Crippen LogP) is 12.5. The summed E-state index contributed by atoms with van der Waals surface area (Å²) in [7, 11) is 0. The van der Waals surface area contributed by atoms with Gasteiger partial charge in [0.2, 0.25) is 0 Å². The molecule has 1 atom stereocenters. The quantitative estimate of drug-likeness (QED) is 0.186. The van der Waals surface area contributed by atoms with Crippen molar-refractivity contribution in [3.8, 4) is 27.9 Å². The summed E-state index contributed by atoms with van der Waals surface area (Å²) in [5, 5.41) is 8.22. The molecular formula is C51H34N4O. The second kappa shape index (κ2) is 13.1. The van der Waals surface area contributed by atoms with Gasteiger partial charge in [0.05, 0.1) is 16.7 Å². The minimum absolute atomic E-state index is 0.457. The van der Waals surface area contributed by atoms with Crippen molar-refractivity contribution in [2.45, 2.75) is 6.17 Å². The number of fused-ring (bicyclic) bond motifs is 6. The number of nitrogens with zero attached hydrogens (tertiary/aromatic N) is 3. The lowest BCUT2D eigenvalue weighted by molar-refractivity contribution is 0.660. The number of furan rings is 1. The van der Waals surface area contributed by atoms with E-state index >= 15 is 0 Å². The lowest BCUT2D eigenvalue weighted by atomic mass is 9.95. The van der Waals surface area contributed by atoms with Crippen LogP contribution in [0.5, 0.6) is 0 Å². The molecule has 1 N–H and O–H groups in total. The largest absolute Gasteiger partial charge is 0.454 e. The Kier molecular flexibility index (Phi) is 7.49. The number of hydrogen-bond acceptors (Lipinski definition) is 4. The van der Waals surface area contributed by atoms with Gasteiger partial charge in [-0.15, -0.1) is 0 Å². The van der Waals surface area contributed by atoms with Gasteiger partial charge in [-0.3, -0.25) is 0 Å². The van der Waals surface area contributed by atoms with E-state index in [9.17, 15) is 0 Å². The van der Waals surface area contributed by atoms with Crippen molar-refractivity contribution < 1.29 is 4.42 Å². The van der Waals surface area contributed by atoms with Crippen LogP contribution < -0.4 is 5.32 Å². The second-order valence-electron chi connectivity index (χ2n) is 14.2. The summed E-state index contributed by atoms with van der Waals surface area (Å²) in [5.74, 6) is 1.45. The summed E-state index contributed by atoms with van der Waals surface area (Å²) in [6, 6.07) is 67.9. The first-order valence-corrected chi connectivity index (χ1v) is 18.9. The molecule has 1 aliphatic rings. The van der Waals surface area contributed by atoms with Crippen LogP contribution in [0.15, 0.2) is 209 Å². The van der Waals surface area contributed by atoms with E-state index in [2.05, 4.69) is 162 Å². The molecule has 5 heteroatoms. The third-order valence-corrected chi connectivity index (χ3v) is 10.9. The molecule has 1 unspecified atom stereocenters. The van der Waals surface area contributed by atoms with Gasteiger partial charge >= 0.3 is 0 Å². The molecule has 10 aromatic rings. The van der Waals surface area contributed by atoms with Crippen LogP contribution in [0.3, 0.4) is 0 Å². The number of hydrogen-bond donors (Lipinski definition) is 1. The maximum Gasteiger partial charge on any atom is 0.159 e. The van der Waals surface area contributed by atoms with Gasteiger partial charge in [0.15, 0.2) is 11.4 Å². The van der Waals surface area contributed by atoms with Gasteiger partial charge < -0.3 is 14.3 Å². The molecule has 0 amide bonds. The Balaban J connectivity index is 1.16. The highest BCUT2D eigenvalue weighted by Gasteiger charge is 2.27. The SMILES string of the molecule is c1ccc(C2=NC(c3cc(-c4ccc(-c5ccccc5)cc4)cc4oc5c(-n6c7ccccc7c7ccccc76)cccc5c34)NC(c3ccccc3)=N2)cc1. The van der Waals surface area contributed by atoms with Crippen LogP contribution in [-0.4, -0.2) is 16.2 Å². The topological polar surface area (TPSA) is 54.8 Å². The van der Waals surface area contributed by atoms with E-state index in [1.165, 1.54) is 21.9 Å². The zero-order chi connectivity index (χ0) is 37.0. The highest BCUT2D eigenvalue weighted by atomic mass is 16.3. The van der Waals surface area contributed by atoms with Crippen molar-refractivity contribution in [1.29, 1.82) is 0 Å².